The van der Waals surface area contributed by atoms with Crippen molar-refractivity contribution in [3.8, 4) is 0 Å². The molecule has 1 aliphatic rings. The molecular weight excluding hydrogens is 241 g/mol. The number of furan rings is 1. The molecule has 2 atom stereocenters. The lowest BCUT2D eigenvalue weighted by Gasteiger charge is -2.19. The molecule has 1 heterocycles. The van der Waals surface area contributed by atoms with E-state index in [-0.39, 0.29) is 17.9 Å². The number of fused-ring (bicyclic) bond motifs is 1. The van der Waals surface area contributed by atoms with Gasteiger partial charge in [0.25, 0.3) is 0 Å². The van der Waals surface area contributed by atoms with E-state index in [9.17, 15) is 4.39 Å². The van der Waals surface area contributed by atoms with Crippen LogP contribution in [-0.4, -0.2) is 0 Å². The summed E-state index contributed by atoms with van der Waals surface area (Å²) in [6.07, 6.45) is 1.75. The topological polar surface area (TPSA) is 25.2 Å². The van der Waals surface area contributed by atoms with Crippen molar-refractivity contribution < 1.29 is 8.81 Å². The number of halogens is 1. The lowest BCUT2D eigenvalue weighted by molar-refractivity contribution is 0.382. The average molecular weight is 259 g/mol. The zero-order valence-electron chi connectivity index (χ0n) is 11.2. The van der Waals surface area contributed by atoms with E-state index in [4.69, 9.17) is 4.42 Å². The second-order valence-electron chi connectivity index (χ2n) is 5.24. The molecule has 0 amide bonds. The van der Waals surface area contributed by atoms with Gasteiger partial charge in [-0.05, 0) is 56.0 Å². The Balaban J connectivity index is 1.78. The summed E-state index contributed by atoms with van der Waals surface area (Å²) in [5, 5.41) is 3.53. The van der Waals surface area contributed by atoms with Crippen LogP contribution in [0.2, 0.25) is 0 Å². The SMILES string of the molecule is Cc1ccc(C(C)NC2CCc3c(F)cccc32)o1. The Bertz CT molecular complexity index is 590. The first kappa shape index (κ1) is 12.4. The van der Waals surface area contributed by atoms with E-state index in [1.807, 2.05) is 25.1 Å². The second kappa shape index (κ2) is 4.82. The Morgan fingerprint density at radius 1 is 1.32 bits per heavy atom. The zero-order valence-corrected chi connectivity index (χ0v) is 11.2. The van der Waals surface area contributed by atoms with Gasteiger partial charge in [-0.2, -0.15) is 0 Å². The molecule has 19 heavy (non-hydrogen) atoms. The van der Waals surface area contributed by atoms with E-state index in [0.29, 0.717) is 0 Å². The molecule has 0 radical (unpaired) electrons. The number of benzene rings is 1. The number of hydrogen-bond donors (Lipinski definition) is 1. The van der Waals surface area contributed by atoms with Crippen LogP contribution in [0.5, 0.6) is 0 Å². The monoisotopic (exact) mass is 259 g/mol. The summed E-state index contributed by atoms with van der Waals surface area (Å²) in [7, 11) is 0. The van der Waals surface area contributed by atoms with E-state index in [1.54, 1.807) is 12.1 Å². The maximum Gasteiger partial charge on any atom is 0.126 e. The maximum absolute atomic E-state index is 13.7. The number of aryl methyl sites for hydroxylation is 1. The van der Waals surface area contributed by atoms with Crippen LogP contribution < -0.4 is 5.32 Å². The normalized spacial score (nSPS) is 19.4. The van der Waals surface area contributed by atoms with Crippen molar-refractivity contribution >= 4 is 0 Å². The quantitative estimate of drug-likeness (QED) is 0.899. The molecule has 0 fully saturated rings. The fourth-order valence-electron chi connectivity index (χ4n) is 2.85. The molecule has 1 N–H and O–H groups in total. The van der Waals surface area contributed by atoms with Gasteiger partial charge in [0.2, 0.25) is 0 Å². The Hall–Kier alpha value is -1.61. The van der Waals surface area contributed by atoms with Crippen LogP contribution in [0.4, 0.5) is 4.39 Å². The third kappa shape index (κ3) is 2.30. The fraction of sp³-hybridized carbons (Fsp3) is 0.375. The van der Waals surface area contributed by atoms with Crippen LogP contribution in [0, 0.1) is 12.7 Å². The van der Waals surface area contributed by atoms with Gasteiger partial charge in [-0.1, -0.05) is 12.1 Å². The molecule has 1 aromatic heterocycles. The molecular formula is C16H18FNO. The molecule has 0 bridgehead atoms. The largest absolute Gasteiger partial charge is 0.465 e. The van der Waals surface area contributed by atoms with Gasteiger partial charge >= 0.3 is 0 Å². The molecule has 0 saturated carbocycles. The predicted octanol–water partition coefficient (Wildman–Crippen LogP) is 4.07. The summed E-state index contributed by atoms with van der Waals surface area (Å²) >= 11 is 0. The van der Waals surface area contributed by atoms with Gasteiger partial charge in [-0.15, -0.1) is 0 Å². The third-order valence-corrected chi connectivity index (χ3v) is 3.85. The highest BCUT2D eigenvalue weighted by molar-refractivity contribution is 5.35. The summed E-state index contributed by atoms with van der Waals surface area (Å²) in [4.78, 5) is 0. The van der Waals surface area contributed by atoms with Crippen LogP contribution in [0.25, 0.3) is 0 Å². The van der Waals surface area contributed by atoms with E-state index < -0.39 is 0 Å². The second-order valence-corrected chi connectivity index (χ2v) is 5.24. The van der Waals surface area contributed by atoms with Gasteiger partial charge in [0.15, 0.2) is 0 Å². The Morgan fingerprint density at radius 2 is 2.16 bits per heavy atom. The van der Waals surface area contributed by atoms with Gasteiger partial charge in [-0.25, -0.2) is 4.39 Å². The smallest absolute Gasteiger partial charge is 0.126 e. The minimum absolute atomic E-state index is 0.0803. The van der Waals surface area contributed by atoms with Crippen molar-refractivity contribution in [3.05, 3.63) is 58.8 Å². The lowest BCUT2D eigenvalue weighted by Crippen LogP contribution is -2.22. The molecule has 2 aromatic rings. The minimum Gasteiger partial charge on any atom is -0.465 e. The number of rotatable bonds is 3. The van der Waals surface area contributed by atoms with Crippen LogP contribution in [0.15, 0.2) is 34.7 Å². The Kier molecular flexibility index (Phi) is 3.15. The maximum atomic E-state index is 13.7. The first-order chi connectivity index (χ1) is 9.15. The van der Waals surface area contributed by atoms with E-state index in [2.05, 4.69) is 12.2 Å². The van der Waals surface area contributed by atoms with Gasteiger partial charge in [-0.3, -0.25) is 0 Å². The average Bonchev–Trinajstić information content (AvgIpc) is 2.98. The molecule has 1 aliphatic carbocycles. The fourth-order valence-corrected chi connectivity index (χ4v) is 2.85. The van der Waals surface area contributed by atoms with E-state index in [0.717, 1.165) is 35.5 Å². The molecule has 2 unspecified atom stereocenters. The molecule has 0 saturated heterocycles. The van der Waals surface area contributed by atoms with Crippen molar-refractivity contribution in [1.82, 2.24) is 5.32 Å². The van der Waals surface area contributed by atoms with E-state index >= 15 is 0 Å². The first-order valence-corrected chi connectivity index (χ1v) is 6.75. The zero-order chi connectivity index (χ0) is 13.4. The summed E-state index contributed by atoms with van der Waals surface area (Å²) in [6.45, 7) is 4.02. The summed E-state index contributed by atoms with van der Waals surface area (Å²) in [5.41, 5.74) is 1.96. The molecule has 2 nitrogen and oxygen atoms in total. The summed E-state index contributed by atoms with van der Waals surface area (Å²) < 4.78 is 19.3. The van der Waals surface area contributed by atoms with Gasteiger partial charge < -0.3 is 9.73 Å². The highest BCUT2D eigenvalue weighted by atomic mass is 19.1. The van der Waals surface area contributed by atoms with Gasteiger partial charge in [0, 0.05) is 6.04 Å². The van der Waals surface area contributed by atoms with Crippen molar-refractivity contribution in [2.75, 3.05) is 0 Å². The Labute approximate surface area is 112 Å². The lowest BCUT2D eigenvalue weighted by atomic mass is 10.1. The third-order valence-electron chi connectivity index (χ3n) is 3.85. The molecule has 3 rings (SSSR count). The Morgan fingerprint density at radius 3 is 2.89 bits per heavy atom. The number of nitrogens with one attached hydrogen (secondary N) is 1. The van der Waals surface area contributed by atoms with Crippen LogP contribution in [0.3, 0.4) is 0 Å². The summed E-state index contributed by atoms with van der Waals surface area (Å²) in [6, 6.07) is 9.66. The van der Waals surface area contributed by atoms with Gasteiger partial charge in [0.1, 0.15) is 17.3 Å². The molecule has 0 aliphatic heterocycles. The van der Waals surface area contributed by atoms with Crippen molar-refractivity contribution in [2.45, 2.75) is 38.8 Å². The predicted molar refractivity (Wildman–Crippen MR) is 72.5 cm³/mol. The first-order valence-electron chi connectivity index (χ1n) is 6.75. The van der Waals surface area contributed by atoms with Gasteiger partial charge in [0.05, 0.1) is 6.04 Å². The minimum atomic E-state index is -0.0803. The van der Waals surface area contributed by atoms with Crippen LogP contribution >= 0.6 is 0 Å². The highest BCUT2D eigenvalue weighted by Crippen LogP contribution is 2.34. The van der Waals surface area contributed by atoms with Crippen molar-refractivity contribution in [1.29, 1.82) is 0 Å². The van der Waals surface area contributed by atoms with Crippen molar-refractivity contribution in [3.63, 3.8) is 0 Å². The number of hydrogen-bond acceptors (Lipinski definition) is 2. The molecule has 0 spiro atoms. The summed E-state index contributed by atoms with van der Waals surface area (Å²) in [5.74, 6) is 1.77. The highest BCUT2D eigenvalue weighted by Gasteiger charge is 2.26. The van der Waals surface area contributed by atoms with Crippen molar-refractivity contribution in [2.24, 2.45) is 0 Å². The van der Waals surface area contributed by atoms with Crippen LogP contribution in [0.1, 0.15) is 48.1 Å². The van der Waals surface area contributed by atoms with E-state index in [1.165, 1.54) is 0 Å². The molecule has 3 heteroatoms. The molecule has 100 valence electrons. The van der Waals surface area contributed by atoms with Crippen LogP contribution in [-0.2, 0) is 6.42 Å². The molecule has 1 aromatic carbocycles. The standard InChI is InChI=1S/C16H18FNO/c1-10-6-9-16(19-10)11(2)18-15-8-7-12-13(15)4-3-5-14(12)17/h3-6,9,11,15,18H,7-8H2,1-2H3.